The molecular weight excluding hydrogens is 320 g/mol. The fourth-order valence-corrected chi connectivity index (χ4v) is 2.95. The molecule has 0 bridgehead atoms. The topological polar surface area (TPSA) is 40.0 Å². The number of fused-ring (bicyclic) bond motifs is 1. The predicted octanol–water partition coefficient (Wildman–Crippen LogP) is 4.19. The number of hydrogen-bond donors (Lipinski definition) is 1. The zero-order chi connectivity index (χ0) is 17.9. The van der Waals surface area contributed by atoms with Crippen molar-refractivity contribution in [3.63, 3.8) is 0 Å². The number of aliphatic imine (C=N–C) groups is 1. The van der Waals surface area contributed by atoms with Crippen molar-refractivity contribution in [2.45, 2.75) is 0 Å². The van der Waals surface area contributed by atoms with Crippen LogP contribution in [0.4, 0.5) is 11.4 Å². The zero-order valence-corrected chi connectivity index (χ0v) is 14.8. The number of para-hydroxylation sites is 1. The molecule has 0 aromatic heterocycles. The van der Waals surface area contributed by atoms with Crippen LogP contribution in [-0.2, 0) is 0 Å². The van der Waals surface area contributed by atoms with Gasteiger partial charge in [0.1, 0.15) is 0 Å². The SMILES string of the molecule is CN(C)c1ccc(C2=NNC(c3ccccc3)=Nc3ccccc32)cc1. The highest BCUT2D eigenvalue weighted by Crippen LogP contribution is 2.26. The van der Waals surface area contributed by atoms with Crippen molar-refractivity contribution >= 4 is 22.9 Å². The lowest BCUT2D eigenvalue weighted by Gasteiger charge is -2.13. The van der Waals surface area contributed by atoms with Crippen molar-refractivity contribution in [3.05, 3.63) is 95.6 Å². The second kappa shape index (κ2) is 6.84. The number of nitrogens with one attached hydrogen (secondary N) is 1. The van der Waals surface area contributed by atoms with Gasteiger partial charge in [-0.1, -0.05) is 60.7 Å². The van der Waals surface area contributed by atoms with Crippen molar-refractivity contribution in [2.24, 2.45) is 10.1 Å². The Morgan fingerprint density at radius 2 is 1.42 bits per heavy atom. The number of hydrogen-bond acceptors (Lipinski definition) is 4. The van der Waals surface area contributed by atoms with E-state index in [2.05, 4.69) is 45.8 Å². The van der Waals surface area contributed by atoms with Crippen LogP contribution in [0.5, 0.6) is 0 Å². The summed E-state index contributed by atoms with van der Waals surface area (Å²) >= 11 is 0. The van der Waals surface area contributed by atoms with Crippen LogP contribution in [0, 0.1) is 0 Å². The van der Waals surface area contributed by atoms with E-state index in [1.54, 1.807) is 0 Å². The zero-order valence-electron chi connectivity index (χ0n) is 14.8. The van der Waals surface area contributed by atoms with Gasteiger partial charge in [0.15, 0.2) is 5.84 Å². The van der Waals surface area contributed by atoms with Gasteiger partial charge in [0.25, 0.3) is 0 Å². The number of benzene rings is 3. The summed E-state index contributed by atoms with van der Waals surface area (Å²) in [4.78, 5) is 6.90. The summed E-state index contributed by atoms with van der Waals surface area (Å²) in [5, 5.41) is 4.69. The van der Waals surface area contributed by atoms with Crippen molar-refractivity contribution in [1.29, 1.82) is 0 Å². The molecule has 26 heavy (non-hydrogen) atoms. The van der Waals surface area contributed by atoms with Crippen LogP contribution in [0.1, 0.15) is 16.7 Å². The molecule has 4 rings (SSSR count). The number of nitrogens with zero attached hydrogens (tertiary/aromatic N) is 3. The molecule has 3 aromatic rings. The highest BCUT2D eigenvalue weighted by Gasteiger charge is 2.16. The van der Waals surface area contributed by atoms with Gasteiger partial charge in [-0.2, -0.15) is 5.10 Å². The quantitative estimate of drug-likeness (QED) is 0.777. The van der Waals surface area contributed by atoms with E-state index in [1.807, 2.05) is 62.6 Å². The van der Waals surface area contributed by atoms with Crippen LogP contribution in [0.2, 0.25) is 0 Å². The Bertz CT molecular complexity index is 971. The first-order chi connectivity index (χ1) is 12.7. The molecule has 0 saturated carbocycles. The lowest BCUT2D eigenvalue weighted by atomic mass is 10.0. The highest BCUT2D eigenvalue weighted by molar-refractivity contribution is 6.18. The molecule has 0 unspecified atom stereocenters. The van der Waals surface area contributed by atoms with Crippen LogP contribution in [0.25, 0.3) is 0 Å². The third-order valence-corrected chi connectivity index (χ3v) is 4.37. The van der Waals surface area contributed by atoms with Crippen molar-refractivity contribution < 1.29 is 0 Å². The molecule has 1 aliphatic rings. The average molecular weight is 340 g/mol. The fourth-order valence-electron chi connectivity index (χ4n) is 2.95. The molecule has 4 nitrogen and oxygen atoms in total. The van der Waals surface area contributed by atoms with E-state index in [1.165, 1.54) is 0 Å². The molecule has 3 aromatic carbocycles. The summed E-state index contributed by atoms with van der Waals surface area (Å²) in [5.41, 5.74) is 9.20. The second-order valence-corrected chi connectivity index (χ2v) is 6.36. The maximum atomic E-state index is 4.81. The van der Waals surface area contributed by atoms with Crippen molar-refractivity contribution in [1.82, 2.24) is 5.43 Å². The molecule has 0 spiro atoms. The van der Waals surface area contributed by atoms with E-state index in [-0.39, 0.29) is 0 Å². The summed E-state index contributed by atoms with van der Waals surface area (Å²) in [6.45, 7) is 0. The molecule has 1 heterocycles. The van der Waals surface area contributed by atoms with Gasteiger partial charge in [0.05, 0.1) is 11.4 Å². The van der Waals surface area contributed by atoms with Crippen LogP contribution in [0.15, 0.2) is 89.0 Å². The lowest BCUT2D eigenvalue weighted by Crippen LogP contribution is -2.19. The molecular formula is C22H20N4. The first-order valence-electron chi connectivity index (χ1n) is 8.57. The first-order valence-corrected chi connectivity index (χ1v) is 8.57. The molecule has 1 N–H and O–H groups in total. The third-order valence-electron chi connectivity index (χ3n) is 4.37. The van der Waals surface area contributed by atoms with Crippen LogP contribution >= 0.6 is 0 Å². The predicted molar refractivity (Wildman–Crippen MR) is 109 cm³/mol. The van der Waals surface area contributed by atoms with Gasteiger partial charge in [-0.05, 0) is 18.2 Å². The van der Waals surface area contributed by atoms with E-state index in [0.29, 0.717) is 0 Å². The number of hydrazone groups is 1. The molecule has 0 aliphatic carbocycles. The molecule has 0 amide bonds. The first kappa shape index (κ1) is 16.1. The molecule has 0 radical (unpaired) electrons. The number of rotatable bonds is 3. The number of amidine groups is 1. The monoisotopic (exact) mass is 340 g/mol. The van der Waals surface area contributed by atoms with Gasteiger partial charge in [-0.25, -0.2) is 4.99 Å². The van der Waals surface area contributed by atoms with E-state index in [4.69, 9.17) is 4.99 Å². The van der Waals surface area contributed by atoms with E-state index in [0.717, 1.165) is 39.6 Å². The molecule has 128 valence electrons. The van der Waals surface area contributed by atoms with Crippen molar-refractivity contribution in [3.8, 4) is 0 Å². The second-order valence-electron chi connectivity index (χ2n) is 6.36. The van der Waals surface area contributed by atoms with Gasteiger partial charge < -0.3 is 4.90 Å². The van der Waals surface area contributed by atoms with Gasteiger partial charge >= 0.3 is 0 Å². The Morgan fingerprint density at radius 1 is 0.731 bits per heavy atom. The van der Waals surface area contributed by atoms with Crippen LogP contribution < -0.4 is 10.3 Å². The van der Waals surface area contributed by atoms with E-state index < -0.39 is 0 Å². The lowest BCUT2D eigenvalue weighted by molar-refractivity contribution is 1.03. The number of anilines is 1. The molecule has 0 fully saturated rings. The maximum Gasteiger partial charge on any atom is 0.154 e. The minimum atomic E-state index is 0.748. The van der Waals surface area contributed by atoms with Gasteiger partial charge in [-0.15, -0.1) is 0 Å². The Morgan fingerprint density at radius 3 is 2.15 bits per heavy atom. The Kier molecular flexibility index (Phi) is 4.23. The average Bonchev–Trinajstić information content (AvgIpc) is 2.88. The Labute approximate surface area is 153 Å². The van der Waals surface area contributed by atoms with Crippen LogP contribution in [-0.4, -0.2) is 25.6 Å². The molecule has 1 aliphatic heterocycles. The van der Waals surface area contributed by atoms with Gasteiger partial charge in [-0.3, -0.25) is 5.43 Å². The molecule has 4 heteroatoms. The molecule has 0 atom stereocenters. The van der Waals surface area contributed by atoms with Crippen LogP contribution in [0.3, 0.4) is 0 Å². The highest BCUT2D eigenvalue weighted by atomic mass is 15.3. The summed E-state index contributed by atoms with van der Waals surface area (Å²) in [6, 6.07) is 26.6. The smallest absolute Gasteiger partial charge is 0.154 e. The standard InChI is InChI=1S/C22H20N4/c1-26(2)18-14-12-16(13-15-18)21-19-10-6-7-11-20(19)23-22(25-24-21)17-8-4-3-5-9-17/h3-15H,1-2H3,(H,23,25). The van der Waals surface area contributed by atoms with Crippen molar-refractivity contribution in [2.75, 3.05) is 19.0 Å². The largest absolute Gasteiger partial charge is 0.378 e. The maximum absolute atomic E-state index is 4.81. The van der Waals surface area contributed by atoms with E-state index in [9.17, 15) is 0 Å². The third kappa shape index (κ3) is 3.09. The van der Waals surface area contributed by atoms with E-state index >= 15 is 0 Å². The minimum Gasteiger partial charge on any atom is -0.378 e. The van der Waals surface area contributed by atoms with Gasteiger partial charge in [0, 0.05) is 36.5 Å². The Hall–Kier alpha value is -3.40. The van der Waals surface area contributed by atoms with Gasteiger partial charge in [0.2, 0.25) is 0 Å². The summed E-state index contributed by atoms with van der Waals surface area (Å²) < 4.78 is 0. The minimum absolute atomic E-state index is 0.748. The normalized spacial score (nSPS) is 13.0. The summed E-state index contributed by atoms with van der Waals surface area (Å²) in [6.07, 6.45) is 0. The Balaban J connectivity index is 1.79. The molecule has 0 saturated heterocycles. The summed E-state index contributed by atoms with van der Waals surface area (Å²) in [5.74, 6) is 0.748. The fraction of sp³-hybridized carbons (Fsp3) is 0.0909. The summed E-state index contributed by atoms with van der Waals surface area (Å²) in [7, 11) is 4.07.